The van der Waals surface area contributed by atoms with Gasteiger partial charge in [0.25, 0.3) is 0 Å². The second-order valence-corrected chi connectivity index (χ2v) is 5.10. The Balaban J connectivity index is 1.88. The van der Waals surface area contributed by atoms with Gasteiger partial charge in [0.15, 0.2) is 0 Å². The third-order valence-electron chi connectivity index (χ3n) is 2.93. The summed E-state index contributed by atoms with van der Waals surface area (Å²) in [5.41, 5.74) is 1.95. The van der Waals surface area contributed by atoms with Crippen LogP contribution in [-0.2, 0) is 0 Å². The van der Waals surface area contributed by atoms with Gasteiger partial charge in [0.1, 0.15) is 17.7 Å². The van der Waals surface area contributed by atoms with E-state index in [0.717, 1.165) is 21.5 Å². The lowest BCUT2D eigenvalue weighted by molar-refractivity contribution is 0.210. The Morgan fingerprint density at radius 1 is 1.17 bits per heavy atom. The molecule has 0 aromatic heterocycles. The summed E-state index contributed by atoms with van der Waals surface area (Å²) in [5.74, 6) is 0.579. The quantitative estimate of drug-likeness (QED) is 0.855. The van der Waals surface area contributed by atoms with Gasteiger partial charge in [0, 0.05) is 4.47 Å². The Hall–Kier alpha value is -1.55. The Morgan fingerprint density at radius 2 is 1.94 bits per heavy atom. The van der Waals surface area contributed by atoms with E-state index in [1.165, 1.54) is 12.1 Å². The van der Waals surface area contributed by atoms with Crippen LogP contribution in [0.3, 0.4) is 0 Å². The molecule has 1 atom stereocenters. The number of hydrogen-bond acceptors (Lipinski definition) is 2. The molecule has 2 aromatic carbocycles. The van der Waals surface area contributed by atoms with Crippen LogP contribution in [0.2, 0.25) is 0 Å². The minimum atomic E-state index is -0.231. The average Bonchev–Trinajstić information content (AvgIpc) is 2.38. The summed E-state index contributed by atoms with van der Waals surface area (Å²) in [4.78, 5) is 0. The predicted octanol–water partition coefficient (Wildman–Crippen LogP) is 4.13. The minimum absolute atomic E-state index is 0.0904. The lowest BCUT2D eigenvalue weighted by atomic mass is 10.1. The van der Waals surface area contributed by atoms with E-state index in [2.05, 4.69) is 21.2 Å². The standard InChI is InChI=1S/C14H11BrFNO/c15-10-3-6-12-13(7-10)18-14(8-17-12)9-1-4-11(16)5-2-9/h1-7,14,17H,8H2. The SMILES string of the molecule is Fc1ccc(C2CNc3ccc(Br)cc3O2)cc1. The zero-order valence-electron chi connectivity index (χ0n) is 9.49. The highest BCUT2D eigenvalue weighted by atomic mass is 79.9. The van der Waals surface area contributed by atoms with Crippen LogP contribution in [0.5, 0.6) is 5.75 Å². The largest absolute Gasteiger partial charge is 0.482 e. The molecule has 2 nitrogen and oxygen atoms in total. The van der Waals surface area contributed by atoms with Gasteiger partial charge in [-0.05, 0) is 35.9 Å². The molecule has 2 aromatic rings. The van der Waals surface area contributed by atoms with Gasteiger partial charge in [0.2, 0.25) is 0 Å². The second kappa shape index (κ2) is 4.61. The fourth-order valence-electron chi connectivity index (χ4n) is 2.00. The van der Waals surface area contributed by atoms with Crippen LogP contribution in [0.4, 0.5) is 10.1 Å². The van der Waals surface area contributed by atoms with E-state index in [1.807, 2.05) is 18.2 Å². The van der Waals surface area contributed by atoms with Crippen LogP contribution in [0, 0.1) is 5.82 Å². The first-order valence-electron chi connectivity index (χ1n) is 5.68. The molecule has 3 rings (SSSR count). The normalized spacial score (nSPS) is 17.6. The first-order chi connectivity index (χ1) is 8.72. The zero-order valence-corrected chi connectivity index (χ0v) is 11.1. The van der Waals surface area contributed by atoms with Crippen LogP contribution < -0.4 is 10.1 Å². The molecule has 1 heterocycles. The van der Waals surface area contributed by atoms with E-state index >= 15 is 0 Å². The first kappa shape index (κ1) is 11.5. The third kappa shape index (κ3) is 2.20. The molecule has 0 saturated heterocycles. The minimum Gasteiger partial charge on any atom is -0.482 e. The molecule has 1 unspecified atom stereocenters. The maximum absolute atomic E-state index is 12.9. The van der Waals surface area contributed by atoms with Crippen molar-refractivity contribution in [3.05, 3.63) is 58.3 Å². The number of nitrogens with one attached hydrogen (secondary N) is 1. The molecular formula is C14H11BrFNO. The van der Waals surface area contributed by atoms with Gasteiger partial charge in [-0.3, -0.25) is 0 Å². The van der Waals surface area contributed by atoms with E-state index in [-0.39, 0.29) is 11.9 Å². The predicted molar refractivity (Wildman–Crippen MR) is 72.4 cm³/mol. The van der Waals surface area contributed by atoms with Gasteiger partial charge >= 0.3 is 0 Å². The number of hydrogen-bond donors (Lipinski definition) is 1. The molecule has 0 amide bonds. The average molecular weight is 308 g/mol. The van der Waals surface area contributed by atoms with E-state index in [1.54, 1.807) is 12.1 Å². The molecule has 1 aliphatic heterocycles. The van der Waals surface area contributed by atoms with E-state index in [9.17, 15) is 4.39 Å². The summed E-state index contributed by atoms with van der Waals surface area (Å²) in [5, 5.41) is 3.31. The molecular weight excluding hydrogens is 297 g/mol. The Kier molecular flexibility index (Phi) is 2.96. The van der Waals surface area contributed by atoms with Crippen molar-refractivity contribution in [2.24, 2.45) is 0 Å². The third-order valence-corrected chi connectivity index (χ3v) is 3.43. The van der Waals surface area contributed by atoms with Gasteiger partial charge in [0.05, 0.1) is 12.2 Å². The fourth-order valence-corrected chi connectivity index (χ4v) is 2.34. The van der Waals surface area contributed by atoms with Crippen molar-refractivity contribution in [1.82, 2.24) is 0 Å². The van der Waals surface area contributed by atoms with Crippen LogP contribution >= 0.6 is 15.9 Å². The van der Waals surface area contributed by atoms with Crippen LogP contribution in [0.25, 0.3) is 0 Å². The van der Waals surface area contributed by atoms with Crippen molar-refractivity contribution in [3.8, 4) is 5.75 Å². The van der Waals surface area contributed by atoms with Gasteiger partial charge in [-0.15, -0.1) is 0 Å². The van der Waals surface area contributed by atoms with E-state index in [0.29, 0.717) is 6.54 Å². The smallest absolute Gasteiger partial charge is 0.144 e. The van der Waals surface area contributed by atoms with Crippen molar-refractivity contribution < 1.29 is 9.13 Å². The van der Waals surface area contributed by atoms with Crippen molar-refractivity contribution in [1.29, 1.82) is 0 Å². The highest BCUT2D eigenvalue weighted by molar-refractivity contribution is 9.10. The summed E-state index contributed by atoms with van der Waals surface area (Å²) in [6.07, 6.45) is -0.0904. The van der Waals surface area contributed by atoms with Crippen molar-refractivity contribution in [3.63, 3.8) is 0 Å². The van der Waals surface area contributed by atoms with Crippen molar-refractivity contribution in [2.75, 3.05) is 11.9 Å². The lowest BCUT2D eigenvalue weighted by Gasteiger charge is -2.27. The topological polar surface area (TPSA) is 21.3 Å². The van der Waals surface area contributed by atoms with E-state index < -0.39 is 0 Å². The number of rotatable bonds is 1. The van der Waals surface area contributed by atoms with Gasteiger partial charge < -0.3 is 10.1 Å². The lowest BCUT2D eigenvalue weighted by Crippen LogP contribution is -2.23. The van der Waals surface area contributed by atoms with Gasteiger partial charge in [-0.2, -0.15) is 0 Å². The molecule has 1 aliphatic rings. The molecule has 18 heavy (non-hydrogen) atoms. The number of fused-ring (bicyclic) bond motifs is 1. The molecule has 0 saturated carbocycles. The zero-order chi connectivity index (χ0) is 12.5. The molecule has 92 valence electrons. The molecule has 0 spiro atoms. The van der Waals surface area contributed by atoms with Gasteiger partial charge in [-0.25, -0.2) is 4.39 Å². The molecule has 4 heteroatoms. The summed E-state index contributed by atoms with van der Waals surface area (Å²) < 4.78 is 19.8. The summed E-state index contributed by atoms with van der Waals surface area (Å²) >= 11 is 3.42. The fraction of sp³-hybridized carbons (Fsp3) is 0.143. The van der Waals surface area contributed by atoms with Crippen LogP contribution in [0.1, 0.15) is 11.7 Å². The van der Waals surface area contributed by atoms with Crippen LogP contribution in [0.15, 0.2) is 46.9 Å². The first-order valence-corrected chi connectivity index (χ1v) is 6.47. The Morgan fingerprint density at radius 3 is 2.72 bits per heavy atom. The highest BCUT2D eigenvalue weighted by Crippen LogP contribution is 2.36. The second-order valence-electron chi connectivity index (χ2n) is 4.18. The molecule has 0 fully saturated rings. The maximum Gasteiger partial charge on any atom is 0.144 e. The summed E-state index contributed by atoms with van der Waals surface area (Å²) in [7, 11) is 0. The highest BCUT2D eigenvalue weighted by Gasteiger charge is 2.20. The monoisotopic (exact) mass is 307 g/mol. The number of ether oxygens (including phenoxy) is 1. The summed E-state index contributed by atoms with van der Waals surface area (Å²) in [6, 6.07) is 12.3. The Bertz CT molecular complexity index is 571. The van der Waals surface area contributed by atoms with Crippen molar-refractivity contribution >= 4 is 21.6 Å². The maximum atomic E-state index is 12.9. The van der Waals surface area contributed by atoms with Crippen LogP contribution in [-0.4, -0.2) is 6.54 Å². The molecule has 0 bridgehead atoms. The van der Waals surface area contributed by atoms with E-state index in [4.69, 9.17) is 4.74 Å². The number of anilines is 1. The summed E-state index contributed by atoms with van der Waals surface area (Å²) in [6.45, 7) is 0.681. The number of benzene rings is 2. The Labute approximate surface area is 113 Å². The van der Waals surface area contributed by atoms with Crippen molar-refractivity contribution in [2.45, 2.75) is 6.10 Å². The van der Waals surface area contributed by atoms with Gasteiger partial charge in [-0.1, -0.05) is 28.1 Å². The molecule has 0 aliphatic carbocycles. The molecule has 0 radical (unpaired) electrons. The molecule has 1 N–H and O–H groups in total. The number of halogens is 2.